The molecule has 0 N–H and O–H groups in total. The maximum Gasteiger partial charge on any atom is 0.184 e. The van der Waals surface area contributed by atoms with Crippen LogP contribution in [0.1, 0.15) is 12.5 Å². The third-order valence-corrected chi connectivity index (χ3v) is 5.73. The summed E-state index contributed by atoms with van der Waals surface area (Å²) in [5, 5.41) is 2.83. The molecule has 0 aliphatic carbocycles. The van der Waals surface area contributed by atoms with Crippen LogP contribution in [-0.4, -0.2) is 12.8 Å². The maximum absolute atomic E-state index is 6.49. The summed E-state index contributed by atoms with van der Waals surface area (Å²) in [5.74, 6) is 0.951. The quantitative estimate of drug-likeness (QED) is 0.583. The number of hydrogen-bond donors (Lipinski definition) is 0. The Labute approximate surface area is 151 Å². The van der Waals surface area contributed by atoms with Gasteiger partial charge in [0.1, 0.15) is 5.75 Å². The highest BCUT2D eigenvalue weighted by Crippen LogP contribution is 2.46. The average Bonchev–Trinajstić information content (AvgIpc) is 3.22. The molecule has 122 valence electrons. The van der Waals surface area contributed by atoms with E-state index in [0.717, 1.165) is 34.0 Å². The van der Waals surface area contributed by atoms with Gasteiger partial charge in [0.05, 0.1) is 0 Å². The molecule has 0 amide bonds. The van der Waals surface area contributed by atoms with E-state index in [1.54, 1.807) is 11.3 Å². The summed E-state index contributed by atoms with van der Waals surface area (Å²) in [6, 6.07) is 18.5. The largest absolute Gasteiger partial charge is 0.467 e. The minimum Gasteiger partial charge on any atom is -0.467 e. The normalized spacial score (nSPS) is 19.0. The van der Waals surface area contributed by atoms with Crippen molar-refractivity contribution in [2.24, 2.45) is 0 Å². The molecule has 1 aliphatic rings. The molecule has 2 heterocycles. The number of fused-ring (bicyclic) bond motifs is 1. The summed E-state index contributed by atoms with van der Waals surface area (Å²) in [6.45, 7) is 2.13. The maximum atomic E-state index is 6.49. The lowest BCUT2D eigenvalue weighted by atomic mass is 10.0. The predicted molar refractivity (Wildman–Crippen MR) is 102 cm³/mol. The van der Waals surface area contributed by atoms with Crippen LogP contribution in [0.4, 0.5) is 5.69 Å². The zero-order chi connectivity index (χ0) is 16.7. The second-order valence-corrected chi connectivity index (χ2v) is 7.65. The van der Waals surface area contributed by atoms with Crippen LogP contribution in [0, 0.1) is 0 Å². The molecule has 2 aromatic carbocycles. The standard InChI is InChI=1S/C20H18ClNOS/c1-20(22(2)16-7-4-3-5-8-16)13-14-11-15(21)12-17(19(14)23-20)18-9-6-10-24-18/h3-12H,13H2,1-2H3. The molecule has 0 fully saturated rings. The molecule has 4 heteroatoms. The highest BCUT2D eigenvalue weighted by Gasteiger charge is 2.40. The van der Waals surface area contributed by atoms with Gasteiger partial charge in [0.15, 0.2) is 5.72 Å². The first-order valence-corrected chi connectivity index (χ1v) is 9.17. The Hall–Kier alpha value is -1.97. The van der Waals surface area contributed by atoms with Gasteiger partial charge in [0.2, 0.25) is 0 Å². The van der Waals surface area contributed by atoms with Gasteiger partial charge in [-0.1, -0.05) is 35.9 Å². The van der Waals surface area contributed by atoms with Gasteiger partial charge in [-0.15, -0.1) is 11.3 Å². The van der Waals surface area contributed by atoms with Crippen molar-refractivity contribution in [3.8, 4) is 16.2 Å². The summed E-state index contributed by atoms with van der Waals surface area (Å²) < 4.78 is 6.49. The Morgan fingerprint density at radius 3 is 2.62 bits per heavy atom. The average molecular weight is 356 g/mol. The fourth-order valence-corrected chi connectivity index (χ4v) is 4.22. The van der Waals surface area contributed by atoms with E-state index in [9.17, 15) is 0 Å². The first-order chi connectivity index (χ1) is 11.6. The SMILES string of the molecule is CN(c1ccccc1)C1(C)Cc2cc(Cl)cc(-c3cccs3)c2O1. The van der Waals surface area contributed by atoms with Crippen LogP contribution < -0.4 is 9.64 Å². The number of para-hydroxylation sites is 1. The molecule has 1 unspecified atom stereocenters. The van der Waals surface area contributed by atoms with Crippen molar-refractivity contribution in [1.29, 1.82) is 0 Å². The number of ether oxygens (including phenoxy) is 1. The number of halogens is 1. The van der Waals surface area contributed by atoms with E-state index >= 15 is 0 Å². The number of hydrogen-bond acceptors (Lipinski definition) is 3. The molecule has 0 spiro atoms. The van der Waals surface area contributed by atoms with E-state index in [2.05, 4.69) is 48.5 Å². The Balaban J connectivity index is 1.75. The number of anilines is 1. The van der Waals surface area contributed by atoms with E-state index in [0.29, 0.717) is 0 Å². The molecule has 3 aromatic rings. The van der Waals surface area contributed by atoms with Gasteiger partial charge in [-0.05, 0) is 42.6 Å². The zero-order valence-electron chi connectivity index (χ0n) is 13.6. The fraction of sp³-hybridized carbons (Fsp3) is 0.200. The number of rotatable bonds is 3. The van der Waals surface area contributed by atoms with Crippen molar-refractivity contribution in [3.63, 3.8) is 0 Å². The van der Waals surface area contributed by atoms with Gasteiger partial charge in [0.25, 0.3) is 0 Å². The second kappa shape index (κ2) is 5.83. The van der Waals surface area contributed by atoms with Crippen molar-refractivity contribution < 1.29 is 4.74 Å². The molecule has 1 aliphatic heterocycles. The molecule has 24 heavy (non-hydrogen) atoms. The number of nitrogens with zero attached hydrogens (tertiary/aromatic N) is 1. The predicted octanol–water partition coefficient (Wildman–Crippen LogP) is 5.86. The van der Waals surface area contributed by atoms with Gasteiger partial charge >= 0.3 is 0 Å². The van der Waals surface area contributed by atoms with Gasteiger partial charge < -0.3 is 9.64 Å². The summed E-state index contributed by atoms with van der Waals surface area (Å²) in [6.07, 6.45) is 0.798. The molecule has 4 rings (SSSR count). The Bertz CT molecular complexity index is 863. The Kier molecular flexibility index (Phi) is 3.78. The molecule has 0 saturated carbocycles. The summed E-state index contributed by atoms with van der Waals surface area (Å²) in [4.78, 5) is 3.37. The topological polar surface area (TPSA) is 12.5 Å². The summed E-state index contributed by atoms with van der Waals surface area (Å²) in [5.41, 5.74) is 2.95. The van der Waals surface area contributed by atoms with E-state index in [1.165, 1.54) is 4.88 Å². The van der Waals surface area contributed by atoms with E-state index in [-0.39, 0.29) is 0 Å². The number of benzene rings is 2. The summed E-state index contributed by atoms with van der Waals surface area (Å²) in [7, 11) is 2.08. The molecule has 1 aromatic heterocycles. The van der Waals surface area contributed by atoms with Crippen molar-refractivity contribution >= 4 is 28.6 Å². The van der Waals surface area contributed by atoms with Crippen molar-refractivity contribution in [2.75, 3.05) is 11.9 Å². The van der Waals surface area contributed by atoms with Crippen LogP contribution in [0.5, 0.6) is 5.75 Å². The van der Waals surface area contributed by atoms with Crippen molar-refractivity contribution in [3.05, 3.63) is 70.6 Å². The van der Waals surface area contributed by atoms with E-state index in [4.69, 9.17) is 16.3 Å². The Morgan fingerprint density at radius 1 is 1.12 bits per heavy atom. The molecule has 0 saturated heterocycles. The summed E-state index contributed by atoms with van der Waals surface area (Å²) >= 11 is 8.07. The van der Waals surface area contributed by atoms with Crippen LogP contribution in [0.2, 0.25) is 5.02 Å². The fourth-order valence-electron chi connectivity index (χ4n) is 3.24. The van der Waals surface area contributed by atoms with E-state index in [1.807, 2.05) is 30.3 Å². The molecule has 0 bridgehead atoms. The lowest BCUT2D eigenvalue weighted by Gasteiger charge is -2.36. The van der Waals surface area contributed by atoms with Crippen LogP contribution in [0.15, 0.2) is 60.0 Å². The second-order valence-electron chi connectivity index (χ2n) is 6.27. The van der Waals surface area contributed by atoms with Crippen LogP contribution in [0.25, 0.3) is 10.4 Å². The smallest absolute Gasteiger partial charge is 0.184 e. The molecule has 1 atom stereocenters. The zero-order valence-corrected chi connectivity index (χ0v) is 15.2. The highest BCUT2D eigenvalue weighted by molar-refractivity contribution is 7.13. The monoisotopic (exact) mass is 355 g/mol. The van der Waals surface area contributed by atoms with Crippen LogP contribution in [-0.2, 0) is 6.42 Å². The van der Waals surface area contributed by atoms with Crippen LogP contribution in [0.3, 0.4) is 0 Å². The molecule has 0 radical (unpaired) electrons. The number of thiophene rings is 1. The first-order valence-electron chi connectivity index (χ1n) is 7.91. The van der Waals surface area contributed by atoms with Crippen molar-refractivity contribution in [2.45, 2.75) is 19.1 Å². The van der Waals surface area contributed by atoms with Gasteiger partial charge in [-0.3, -0.25) is 0 Å². The minimum absolute atomic E-state index is 0.430. The van der Waals surface area contributed by atoms with E-state index < -0.39 is 5.72 Å². The van der Waals surface area contributed by atoms with Gasteiger partial charge in [0, 0.05) is 40.2 Å². The third-order valence-electron chi connectivity index (χ3n) is 4.61. The number of likely N-dealkylation sites (N-methyl/N-ethyl adjacent to an activating group) is 1. The molecule has 2 nitrogen and oxygen atoms in total. The Morgan fingerprint density at radius 2 is 1.92 bits per heavy atom. The lowest BCUT2D eigenvalue weighted by molar-refractivity contribution is 0.117. The molecular weight excluding hydrogens is 338 g/mol. The van der Waals surface area contributed by atoms with Crippen molar-refractivity contribution in [1.82, 2.24) is 0 Å². The van der Waals surface area contributed by atoms with Crippen LogP contribution >= 0.6 is 22.9 Å². The highest BCUT2D eigenvalue weighted by atomic mass is 35.5. The minimum atomic E-state index is -0.430. The first kappa shape index (κ1) is 15.6. The lowest BCUT2D eigenvalue weighted by Crippen LogP contribution is -2.48. The van der Waals surface area contributed by atoms with Gasteiger partial charge in [-0.2, -0.15) is 0 Å². The molecular formula is C20H18ClNOS. The van der Waals surface area contributed by atoms with Gasteiger partial charge in [-0.25, -0.2) is 0 Å². The third kappa shape index (κ3) is 2.58.